The minimum absolute atomic E-state index is 0.274. The van der Waals surface area contributed by atoms with Crippen LogP contribution >= 0.6 is 11.6 Å². The van der Waals surface area contributed by atoms with Crippen LogP contribution in [0.25, 0.3) is 0 Å². The summed E-state index contributed by atoms with van der Waals surface area (Å²) in [5, 5.41) is 2.90. The number of amides is 1. The molecular weight excluding hydrogens is 282 g/mol. The van der Waals surface area contributed by atoms with Crippen LogP contribution in [0.4, 0.5) is 4.79 Å². The van der Waals surface area contributed by atoms with Crippen LogP contribution in [0.3, 0.4) is 0 Å². The topological polar surface area (TPSA) is 64.6 Å². The zero-order valence-corrected chi connectivity index (χ0v) is 12.5. The number of carbonyl (C=O) groups is 2. The number of hydrogen-bond donors (Lipinski definition) is 1. The Kier molecular flexibility index (Phi) is 5.82. The van der Waals surface area contributed by atoms with Gasteiger partial charge in [0.2, 0.25) is 0 Å². The molecule has 1 aromatic rings. The number of hydrogen-bond acceptors (Lipinski definition) is 4. The average molecular weight is 300 g/mol. The van der Waals surface area contributed by atoms with E-state index in [9.17, 15) is 9.59 Å². The fourth-order valence-electron chi connectivity index (χ4n) is 1.33. The van der Waals surface area contributed by atoms with Crippen molar-refractivity contribution in [2.45, 2.75) is 26.4 Å². The van der Waals surface area contributed by atoms with Crippen molar-refractivity contribution in [3.8, 4) is 5.75 Å². The zero-order chi connectivity index (χ0) is 15.2. The molecule has 1 rings (SSSR count). The molecule has 0 unspecified atom stereocenters. The maximum atomic E-state index is 11.4. The highest BCUT2D eigenvalue weighted by atomic mass is 35.5. The smallest absolute Gasteiger partial charge is 0.407 e. The first-order chi connectivity index (χ1) is 9.31. The average Bonchev–Trinajstić information content (AvgIpc) is 2.33. The summed E-state index contributed by atoms with van der Waals surface area (Å²) in [5.41, 5.74) is -0.116. The number of ether oxygens (including phenoxy) is 2. The van der Waals surface area contributed by atoms with E-state index in [1.165, 1.54) is 0 Å². The Hall–Kier alpha value is -1.75. The molecule has 20 heavy (non-hydrogen) atoms. The van der Waals surface area contributed by atoms with Gasteiger partial charge in [0.1, 0.15) is 18.0 Å². The SMILES string of the molecule is CC(C)(C)OC(=O)NCCOc1ccc(C=O)c(Cl)c1. The van der Waals surface area contributed by atoms with Crippen LogP contribution in [0.1, 0.15) is 31.1 Å². The van der Waals surface area contributed by atoms with E-state index in [-0.39, 0.29) is 6.61 Å². The summed E-state index contributed by atoms with van der Waals surface area (Å²) in [5.74, 6) is 0.534. The number of aldehydes is 1. The quantitative estimate of drug-likeness (QED) is 0.670. The second kappa shape index (κ2) is 7.14. The largest absolute Gasteiger partial charge is 0.492 e. The van der Waals surface area contributed by atoms with E-state index in [0.29, 0.717) is 29.2 Å². The number of halogens is 1. The molecule has 1 N–H and O–H groups in total. The Morgan fingerprint density at radius 1 is 1.40 bits per heavy atom. The number of carbonyl (C=O) groups excluding carboxylic acids is 2. The molecule has 0 spiro atoms. The molecule has 0 aliphatic carbocycles. The van der Waals surface area contributed by atoms with Crippen molar-refractivity contribution < 1.29 is 19.1 Å². The predicted octanol–water partition coefficient (Wildman–Crippen LogP) is 3.06. The van der Waals surface area contributed by atoms with E-state index in [1.807, 2.05) is 0 Å². The third kappa shape index (κ3) is 5.93. The van der Waals surface area contributed by atoms with Gasteiger partial charge < -0.3 is 14.8 Å². The van der Waals surface area contributed by atoms with Gasteiger partial charge in [-0.3, -0.25) is 4.79 Å². The van der Waals surface area contributed by atoms with Gasteiger partial charge in [0.25, 0.3) is 0 Å². The Balaban J connectivity index is 2.33. The van der Waals surface area contributed by atoms with Crippen LogP contribution in [-0.4, -0.2) is 31.1 Å². The summed E-state index contributed by atoms with van der Waals surface area (Å²) in [7, 11) is 0. The zero-order valence-electron chi connectivity index (χ0n) is 11.7. The van der Waals surface area contributed by atoms with Gasteiger partial charge in [0.15, 0.2) is 6.29 Å². The van der Waals surface area contributed by atoms with Crippen LogP contribution in [0, 0.1) is 0 Å². The number of nitrogens with one attached hydrogen (secondary N) is 1. The molecule has 6 heteroatoms. The normalized spacial score (nSPS) is 10.8. The van der Waals surface area contributed by atoms with Gasteiger partial charge in [-0.1, -0.05) is 11.6 Å². The third-order valence-electron chi connectivity index (χ3n) is 2.14. The lowest BCUT2D eigenvalue weighted by atomic mass is 10.2. The standard InChI is InChI=1S/C14H18ClNO4/c1-14(2,3)20-13(18)16-6-7-19-11-5-4-10(9-17)12(15)8-11/h4-5,8-9H,6-7H2,1-3H3,(H,16,18). The van der Waals surface area contributed by atoms with Crippen molar-refractivity contribution in [3.63, 3.8) is 0 Å². The number of alkyl carbamates (subject to hydrolysis) is 1. The van der Waals surface area contributed by atoms with Crippen molar-refractivity contribution in [1.29, 1.82) is 0 Å². The summed E-state index contributed by atoms with van der Waals surface area (Å²) in [4.78, 5) is 22.0. The van der Waals surface area contributed by atoms with Crippen LogP contribution in [-0.2, 0) is 4.74 Å². The molecule has 0 saturated carbocycles. The minimum Gasteiger partial charge on any atom is -0.492 e. The van der Waals surface area contributed by atoms with Gasteiger partial charge in [0, 0.05) is 5.56 Å². The highest BCUT2D eigenvalue weighted by Gasteiger charge is 2.15. The predicted molar refractivity (Wildman–Crippen MR) is 76.6 cm³/mol. The number of benzene rings is 1. The first-order valence-corrected chi connectivity index (χ1v) is 6.54. The van der Waals surface area contributed by atoms with Crippen molar-refractivity contribution in [3.05, 3.63) is 28.8 Å². The Morgan fingerprint density at radius 2 is 2.10 bits per heavy atom. The molecule has 0 aliphatic rings. The van der Waals surface area contributed by atoms with Crippen LogP contribution in [0.2, 0.25) is 5.02 Å². The lowest BCUT2D eigenvalue weighted by Crippen LogP contribution is -2.34. The molecule has 110 valence electrons. The first kappa shape index (κ1) is 16.3. The molecule has 0 saturated heterocycles. The van der Waals surface area contributed by atoms with Crippen LogP contribution in [0.5, 0.6) is 5.75 Å². The molecule has 0 fully saturated rings. The van der Waals surface area contributed by atoms with E-state index >= 15 is 0 Å². The highest BCUT2D eigenvalue weighted by Crippen LogP contribution is 2.21. The van der Waals surface area contributed by atoms with Crippen molar-refractivity contribution in [2.75, 3.05) is 13.2 Å². The Labute approximate surface area is 123 Å². The van der Waals surface area contributed by atoms with Gasteiger partial charge in [-0.2, -0.15) is 0 Å². The van der Waals surface area contributed by atoms with Crippen molar-refractivity contribution in [2.24, 2.45) is 0 Å². The lowest BCUT2D eigenvalue weighted by Gasteiger charge is -2.19. The van der Waals surface area contributed by atoms with Crippen molar-refractivity contribution in [1.82, 2.24) is 5.32 Å². The van der Waals surface area contributed by atoms with E-state index in [0.717, 1.165) is 0 Å². The molecule has 0 atom stereocenters. The molecule has 1 amide bonds. The van der Waals surface area contributed by atoms with Gasteiger partial charge in [-0.15, -0.1) is 0 Å². The molecule has 0 radical (unpaired) electrons. The highest BCUT2D eigenvalue weighted by molar-refractivity contribution is 6.33. The van der Waals surface area contributed by atoms with Gasteiger partial charge in [-0.05, 0) is 39.0 Å². The fourth-order valence-corrected chi connectivity index (χ4v) is 1.54. The molecular formula is C14H18ClNO4. The molecule has 5 nitrogen and oxygen atoms in total. The summed E-state index contributed by atoms with van der Waals surface area (Å²) in [6.45, 7) is 5.96. The van der Waals surface area contributed by atoms with Gasteiger partial charge in [-0.25, -0.2) is 4.79 Å². The molecule has 0 bridgehead atoms. The molecule has 1 aromatic carbocycles. The maximum absolute atomic E-state index is 11.4. The van der Waals surface area contributed by atoms with E-state index in [4.69, 9.17) is 21.1 Å². The second-order valence-corrected chi connectivity index (χ2v) is 5.49. The summed E-state index contributed by atoms with van der Waals surface area (Å²) < 4.78 is 10.5. The second-order valence-electron chi connectivity index (χ2n) is 5.08. The summed E-state index contributed by atoms with van der Waals surface area (Å²) in [6.07, 6.45) is 0.186. The van der Waals surface area contributed by atoms with E-state index in [1.54, 1.807) is 39.0 Å². The fraction of sp³-hybridized carbons (Fsp3) is 0.429. The first-order valence-electron chi connectivity index (χ1n) is 6.16. The summed E-state index contributed by atoms with van der Waals surface area (Å²) in [6, 6.07) is 4.77. The van der Waals surface area contributed by atoms with E-state index < -0.39 is 11.7 Å². The lowest BCUT2D eigenvalue weighted by molar-refractivity contribution is 0.0520. The molecule has 0 aromatic heterocycles. The van der Waals surface area contributed by atoms with Crippen LogP contribution in [0.15, 0.2) is 18.2 Å². The number of rotatable bonds is 5. The van der Waals surface area contributed by atoms with E-state index in [2.05, 4.69) is 5.32 Å². The Morgan fingerprint density at radius 3 is 2.65 bits per heavy atom. The maximum Gasteiger partial charge on any atom is 0.407 e. The monoisotopic (exact) mass is 299 g/mol. The molecule has 0 heterocycles. The third-order valence-corrected chi connectivity index (χ3v) is 2.47. The molecule has 0 aliphatic heterocycles. The van der Waals surface area contributed by atoms with Gasteiger partial charge in [0.05, 0.1) is 11.6 Å². The van der Waals surface area contributed by atoms with Crippen molar-refractivity contribution >= 4 is 24.0 Å². The summed E-state index contributed by atoms with van der Waals surface area (Å²) >= 11 is 5.86. The van der Waals surface area contributed by atoms with Crippen LogP contribution < -0.4 is 10.1 Å². The Bertz CT molecular complexity index is 483. The minimum atomic E-state index is -0.525. The van der Waals surface area contributed by atoms with Gasteiger partial charge >= 0.3 is 6.09 Å².